The topological polar surface area (TPSA) is 109 Å². The van der Waals surface area contributed by atoms with Crippen LogP contribution in [-0.2, 0) is 20.9 Å². The van der Waals surface area contributed by atoms with Gasteiger partial charge in [0, 0.05) is 41.7 Å². The van der Waals surface area contributed by atoms with Crippen molar-refractivity contribution in [2.24, 2.45) is 0 Å². The Morgan fingerprint density at radius 1 is 1.14 bits per heavy atom. The van der Waals surface area contributed by atoms with E-state index in [-0.39, 0.29) is 12.2 Å². The Balaban J connectivity index is 0.000000286. The number of hydrogen-bond donors (Lipinski definition) is 2. The van der Waals surface area contributed by atoms with Crippen molar-refractivity contribution in [3.63, 3.8) is 0 Å². The molecule has 0 bridgehead atoms. The molecule has 37 heavy (non-hydrogen) atoms. The first kappa shape index (κ1) is 30.3. The molecule has 4 heterocycles. The molecule has 2 saturated heterocycles. The summed E-state index contributed by atoms with van der Waals surface area (Å²) in [6.45, 7) is 4.93. The number of carboxylic acid groups (broad SMARTS) is 2. The van der Waals surface area contributed by atoms with E-state index in [1.54, 1.807) is 12.4 Å². The number of thiophene rings is 1. The second kappa shape index (κ2) is 13.1. The van der Waals surface area contributed by atoms with Gasteiger partial charge in [-0.15, -0.1) is 11.3 Å². The molecule has 0 unspecified atom stereocenters. The second-order valence-corrected chi connectivity index (χ2v) is 9.31. The summed E-state index contributed by atoms with van der Waals surface area (Å²) in [6.07, 6.45) is -4.02. The summed E-state index contributed by atoms with van der Waals surface area (Å²) in [5, 5.41) is 14.2. The van der Waals surface area contributed by atoms with Crippen LogP contribution >= 0.6 is 11.3 Å². The lowest BCUT2D eigenvalue weighted by Gasteiger charge is -2.32. The van der Waals surface area contributed by atoms with Crippen molar-refractivity contribution in [1.29, 1.82) is 0 Å². The van der Waals surface area contributed by atoms with Crippen molar-refractivity contribution >= 4 is 23.3 Å². The minimum absolute atomic E-state index is 0.0885. The monoisotopic (exact) mass is 558 g/mol. The average Bonchev–Trinajstić information content (AvgIpc) is 3.37. The minimum atomic E-state index is -5.08. The van der Waals surface area contributed by atoms with Crippen LogP contribution in [0.3, 0.4) is 0 Å². The van der Waals surface area contributed by atoms with Crippen molar-refractivity contribution in [3.8, 4) is 5.75 Å². The van der Waals surface area contributed by atoms with Gasteiger partial charge in [0.05, 0.1) is 6.20 Å². The van der Waals surface area contributed by atoms with Gasteiger partial charge in [0.1, 0.15) is 18.0 Å². The molecule has 8 nitrogen and oxygen atoms in total. The van der Waals surface area contributed by atoms with Gasteiger partial charge >= 0.3 is 24.3 Å². The first-order chi connectivity index (χ1) is 17.2. The zero-order chi connectivity index (χ0) is 27.8. The lowest BCUT2D eigenvalue weighted by Crippen LogP contribution is -2.42. The van der Waals surface area contributed by atoms with Crippen LogP contribution < -0.4 is 4.74 Å². The Labute approximate surface area is 211 Å². The third-order valence-corrected chi connectivity index (χ3v) is 6.13. The molecule has 0 aliphatic carbocycles. The van der Waals surface area contributed by atoms with Crippen LogP contribution in [0, 0.1) is 6.92 Å². The van der Waals surface area contributed by atoms with Crippen LogP contribution in [0.2, 0.25) is 0 Å². The van der Waals surface area contributed by atoms with Gasteiger partial charge in [0.2, 0.25) is 0 Å². The molecule has 206 valence electrons. The van der Waals surface area contributed by atoms with Gasteiger partial charge in [-0.1, -0.05) is 0 Å². The van der Waals surface area contributed by atoms with Crippen molar-refractivity contribution in [1.82, 2.24) is 9.88 Å². The Kier molecular flexibility index (Phi) is 10.7. The van der Waals surface area contributed by atoms with E-state index in [1.807, 2.05) is 23.5 Å². The number of rotatable bonds is 4. The molecule has 2 aliphatic heterocycles. The van der Waals surface area contributed by atoms with E-state index in [9.17, 15) is 26.3 Å². The van der Waals surface area contributed by atoms with Gasteiger partial charge in [-0.3, -0.25) is 9.88 Å². The number of pyridine rings is 1. The number of ether oxygens (including phenoxy) is 2. The molecule has 2 aromatic rings. The first-order valence-corrected chi connectivity index (χ1v) is 11.6. The number of alkyl halides is 6. The van der Waals surface area contributed by atoms with E-state index in [2.05, 4.69) is 28.9 Å². The van der Waals surface area contributed by atoms with Crippen LogP contribution in [0.15, 0.2) is 36.7 Å². The predicted octanol–water partition coefficient (Wildman–Crippen LogP) is 4.53. The molecule has 0 aromatic carbocycles. The fraction of sp³-hybridized carbons (Fsp3) is 0.500. The van der Waals surface area contributed by atoms with E-state index in [4.69, 9.17) is 29.3 Å². The van der Waals surface area contributed by atoms with E-state index in [1.165, 1.54) is 16.2 Å². The summed E-state index contributed by atoms with van der Waals surface area (Å²) < 4.78 is 75.7. The molecular formula is C22H24F6N2O6S. The zero-order valence-electron chi connectivity index (χ0n) is 19.3. The highest BCUT2D eigenvalue weighted by molar-refractivity contribution is 7.11. The molecule has 0 spiro atoms. The smallest absolute Gasteiger partial charge is 0.485 e. The highest BCUT2D eigenvalue weighted by atomic mass is 32.1. The molecule has 3 atom stereocenters. The van der Waals surface area contributed by atoms with Gasteiger partial charge in [0.15, 0.2) is 0 Å². The van der Waals surface area contributed by atoms with Crippen molar-refractivity contribution in [2.45, 2.75) is 56.9 Å². The fourth-order valence-corrected chi connectivity index (χ4v) is 4.57. The van der Waals surface area contributed by atoms with E-state index < -0.39 is 24.3 Å². The average molecular weight is 558 g/mol. The molecule has 0 radical (unpaired) electrons. The van der Waals surface area contributed by atoms with E-state index in [0.717, 1.165) is 31.9 Å². The minimum Gasteiger partial charge on any atom is -0.485 e. The number of aliphatic carboxylic acids is 2. The van der Waals surface area contributed by atoms with Crippen molar-refractivity contribution in [2.75, 3.05) is 13.2 Å². The lowest BCUT2D eigenvalue weighted by molar-refractivity contribution is -0.193. The lowest BCUT2D eigenvalue weighted by atomic mass is 10.0. The predicted molar refractivity (Wildman–Crippen MR) is 118 cm³/mol. The maximum absolute atomic E-state index is 10.6. The van der Waals surface area contributed by atoms with Gasteiger partial charge < -0.3 is 19.7 Å². The number of fused-ring (bicyclic) bond motifs is 1. The van der Waals surface area contributed by atoms with Crippen LogP contribution in [0.25, 0.3) is 0 Å². The Bertz CT molecular complexity index is 993. The van der Waals surface area contributed by atoms with Gasteiger partial charge in [0.25, 0.3) is 0 Å². The molecular weight excluding hydrogens is 534 g/mol. The van der Waals surface area contributed by atoms with Gasteiger partial charge in [-0.25, -0.2) is 9.59 Å². The van der Waals surface area contributed by atoms with Crippen LogP contribution in [-0.4, -0.2) is 75.8 Å². The summed E-state index contributed by atoms with van der Waals surface area (Å²) in [6, 6.07) is 8.79. The van der Waals surface area contributed by atoms with E-state index in [0.29, 0.717) is 6.04 Å². The SMILES string of the molecule is Cc1ccc(CN2C[C@H](Oc3cccnc3)[C@H]3OCCC[C@@H]32)s1.O=C(O)C(F)(F)F.O=C(O)C(F)(F)F. The van der Waals surface area contributed by atoms with Crippen molar-refractivity contribution in [3.05, 3.63) is 46.4 Å². The Morgan fingerprint density at radius 3 is 2.24 bits per heavy atom. The largest absolute Gasteiger partial charge is 0.490 e. The summed E-state index contributed by atoms with van der Waals surface area (Å²) in [5.41, 5.74) is 0. The number of likely N-dealkylation sites (tertiary alicyclic amines) is 1. The van der Waals surface area contributed by atoms with Gasteiger partial charge in [-0.05, 0) is 44.0 Å². The Morgan fingerprint density at radius 2 is 1.76 bits per heavy atom. The maximum Gasteiger partial charge on any atom is 0.490 e. The number of carbonyl (C=O) groups is 2. The second-order valence-electron chi connectivity index (χ2n) is 7.94. The van der Waals surface area contributed by atoms with Crippen LogP contribution in [0.1, 0.15) is 22.6 Å². The highest BCUT2D eigenvalue weighted by Gasteiger charge is 2.45. The van der Waals surface area contributed by atoms with E-state index >= 15 is 0 Å². The molecule has 2 aromatic heterocycles. The fourth-order valence-electron chi connectivity index (χ4n) is 3.65. The molecule has 2 aliphatic rings. The number of hydrogen-bond acceptors (Lipinski definition) is 7. The summed E-state index contributed by atoms with van der Waals surface area (Å²) in [7, 11) is 0. The third-order valence-electron chi connectivity index (χ3n) is 5.15. The molecule has 15 heteroatoms. The molecule has 0 saturated carbocycles. The first-order valence-electron chi connectivity index (χ1n) is 10.8. The molecule has 2 fully saturated rings. The maximum atomic E-state index is 10.6. The summed E-state index contributed by atoms with van der Waals surface area (Å²) in [5.74, 6) is -4.68. The van der Waals surface area contributed by atoms with Crippen molar-refractivity contribution < 1.29 is 55.6 Å². The number of aromatic nitrogens is 1. The highest BCUT2D eigenvalue weighted by Crippen LogP contribution is 2.33. The quantitative estimate of drug-likeness (QED) is 0.527. The standard InChI is InChI=1S/C18H22N2O2S.2C2HF3O2/c1-13-6-7-15(23-13)11-20-12-17(18-16(20)5-3-9-21-18)22-14-4-2-8-19-10-14;2*3-2(4,5)1(6)7/h2,4,6-8,10,16-18H,3,5,9,11-12H2,1H3;2*(H,6,7)/t16-,17-,18-;;/m0../s1. The molecule has 2 N–H and O–H groups in total. The summed E-state index contributed by atoms with van der Waals surface area (Å²) in [4.78, 5) is 27.3. The van der Waals surface area contributed by atoms with Crippen LogP contribution in [0.4, 0.5) is 26.3 Å². The Hall–Kier alpha value is -2.91. The molecule has 4 rings (SSSR count). The normalized spacial score (nSPS) is 21.5. The third kappa shape index (κ3) is 9.81. The number of carboxylic acids is 2. The number of aryl methyl sites for hydroxylation is 1. The van der Waals surface area contributed by atoms with Crippen LogP contribution in [0.5, 0.6) is 5.75 Å². The number of nitrogens with zero attached hydrogens (tertiary/aromatic N) is 2. The summed E-state index contributed by atoms with van der Waals surface area (Å²) >= 11 is 1.89. The molecule has 0 amide bonds. The number of halogens is 6. The van der Waals surface area contributed by atoms with Gasteiger partial charge in [-0.2, -0.15) is 26.3 Å². The zero-order valence-corrected chi connectivity index (χ0v) is 20.1.